The van der Waals surface area contributed by atoms with Crippen LogP contribution in [0.2, 0.25) is 0 Å². The zero-order chi connectivity index (χ0) is 11.3. The molecule has 0 fully saturated rings. The Morgan fingerprint density at radius 3 is 2.73 bits per heavy atom. The Balaban J connectivity index is 2.37. The maximum absolute atomic E-state index is 5.65. The van der Waals surface area contributed by atoms with Crippen molar-refractivity contribution in [2.45, 2.75) is 32.9 Å². The molecular weight excluding hydrogens is 206 g/mol. The van der Waals surface area contributed by atoms with Crippen LogP contribution in [0.15, 0.2) is 6.07 Å². The van der Waals surface area contributed by atoms with E-state index in [1.54, 1.807) is 6.07 Å². The largest absolute Gasteiger partial charge is 0.384 e. The quantitative estimate of drug-likeness (QED) is 0.783. The number of anilines is 1. The first-order valence-corrected chi connectivity index (χ1v) is 6.41. The normalized spacial score (nSPS) is 10.9. The van der Waals surface area contributed by atoms with Crippen molar-refractivity contribution >= 4 is 17.6 Å². The summed E-state index contributed by atoms with van der Waals surface area (Å²) >= 11 is 1.87. The van der Waals surface area contributed by atoms with Crippen LogP contribution in [0.25, 0.3) is 0 Å². The van der Waals surface area contributed by atoms with Crippen molar-refractivity contribution in [2.24, 2.45) is 5.92 Å². The highest BCUT2D eigenvalue weighted by atomic mass is 32.2. The van der Waals surface area contributed by atoms with Crippen LogP contribution in [-0.2, 0) is 5.75 Å². The summed E-state index contributed by atoms with van der Waals surface area (Å²) in [5.41, 5.74) is 6.60. The molecule has 0 saturated carbocycles. The average molecular weight is 225 g/mol. The van der Waals surface area contributed by atoms with E-state index < -0.39 is 0 Å². The molecule has 15 heavy (non-hydrogen) atoms. The van der Waals surface area contributed by atoms with Crippen LogP contribution in [0.5, 0.6) is 0 Å². The summed E-state index contributed by atoms with van der Waals surface area (Å²) in [5, 5.41) is 0. The summed E-state index contributed by atoms with van der Waals surface area (Å²) in [4.78, 5) is 8.54. The second-order valence-corrected chi connectivity index (χ2v) is 5.19. The lowest BCUT2D eigenvalue weighted by Crippen LogP contribution is -2.00. The van der Waals surface area contributed by atoms with Crippen molar-refractivity contribution in [3.05, 3.63) is 17.6 Å². The van der Waals surface area contributed by atoms with E-state index in [0.29, 0.717) is 5.82 Å². The lowest BCUT2D eigenvalue weighted by Gasteiger charge is -2.05. The molecule has 1 heterocycles. The van der Waals surface area contributed by atoms with Crippen molar-refractivity contribution in [3.63, 3.8) is 0 Å². The smallest absolute Gasteiger partial charge is 0.140 e. The van der Waals surface area contributed by atoms with Gasteiger partial charge in [-0.3, -0.25) is 0 Å². The van der Waals surface area contributed by atoms with Crippen LogP contribution in [0.4, 0.5) is 5.82 Å². The van der Waals surface area contributed by atoms with E-state index in [-0.39, 0.29) is 0 Å². The van der Waals surface area contributed by atoms with E-state index in [2.05, 4.69) is 23.8 Å². The Kier molecular flexibility index (Phi) is 4.88. The minimum atomic E-state index is 0.571. The Morgan fingerprint density at radius 2 is 2.13 bits per heavy atom. The van der Waals surface area contributed by atoms with Gasteiger partial charge < -0.3 is 5.73 Å². The molecule has 1 rings (SSSR count). The molecule has 1 aromatic rings. The second-order valence-electron chi connectivity index (χ2n) is 4.09. The molecule has 0 aliphatic rings. The van der Waals surface area contributed by atoms with Gasteiger partial charge in [0.25, 0.3) is 0 Å². The predicted octanol–water partition coefficient (Wildman–Crippen LogP) is 2.65. The van der Waals surface area contributed by atoms with Gasteiger partial charge in [0.05, 0.1) is 5.75 Å². The number of hydrogen-bond acceptors (Lipinski definition) is 4. The molecule has 0 saturated heterocycles. The molecule has 0 unspecified atom stereocenters. The zero-order valence-corrected chi connectivity index (χ0v) is 10.5. The summed E-state index contributed by atoms with van der Waals surface area (Å²) in [7, 11) is 0. The first-order chi connectivity index (χ1) is 7.08. The Hall–Kier alpha value is -0.770. The molecule has 0 bridgehead atoms. The van der Waals surface area contributed by atoms with Crippen molar-refractivity contribution in [1.29, 1.82) is 0 Å². The molecule has 84 valence electrons. The average Bonchev–Trinajstić information content (AvgIpc) is 2.10. The van der Waals surface area contributed by atoms with Gasteiger partial charge in [0.1, 0.15) is 11.6 Å². The number of thioether (sulfide) groups is 1. The topological polar surface area (TPSA) is 51.8 Å². The fraction of sp³-hybridized carbons (Fsp3) is 0.636. The van der Waals surface area contributed by atoms with Crippen LogP contribution in [-0.4, -0.2) is 15.7 Å². The summed E-state index contributed by atoms with van der Waals surface area (Å²) in [6.07, 6.45) is 1.24. The Morgan fingerprint density at radius 1 is 1.40 bits per heavy atom. The number of aromatic nitrogens is 2. The SMILES string of the molecule is Cc1cc(N)nc(CSCCC(C)C)n1. The molecule has 3 nitrogen and oxygen atoms in total. The number of hydrogen-bond donors (Lipinski definition) is 1. The van der Waals surface area contributed by atoms with Gasteiger partial charge in [-0.15, -0.1) is 0 Å². The van der Waals surface area contributed by atoms with Gasteiger partial charge in [-0.2, -0.15) is 11.8 Å². The highest BCUT2D eigenvalue weighted by molar-refractivity contribution is 7.98. The minimum absolute atomic E-state index is 0.571. The summed E-state index contributed by atoms with van der Waals surface area (Å²) in [6.45, 7) is 6.42. The molecule has 0 spiro atoms. The molecule has 0 aliphatic heterocycles. The number of aryl methyl sites for hydroxylation is 1. The summed E-state index contributed by atoms with van der Waals surface area (Å²) < 4.78 is 0. The minimum Gasteiger partial charge on any atom is -0.384 e. The maximum atomic E-state index is 5.65. The molecular formula is C11H19N3S. The molecule has 0 amide bonds. The number of nitrogens with zero attached hydrogens (tertiary/aromatic N) is 2. The highest BCUT2D eigenvalue weighted by Gasteiger charge is 2.01. The molecule has 0 radical (unpaired) electrons. The first kappa shape index (κ1) is 12.3. The van der Waals surface area contributed by atoms with E-state index in [9.17, 15) is 0 Å². The van der Waals surface area contributed by atoms with Gasteiger partial charge in [-0.25, -0.2) is 9.97 Å². The van der Waals surface area contributed by atoms with Gasteiger partial charge in [0.15, 0.2) is 0 Å². The monoisotopic (exact) mass is 225 g/mol. The number of nitrogen functional groups attached to an aromatic ring is 1. The molecule has 0 aromatic carbocycles. The standard InChI is InChI=1S/C11H19N3S/c1-8(2)4-5-15-7-11-13-9(3)6-10(12)14-11/h6,8H,4-5,7H2,1-3H3,(H2,12,13,14). The first-order valence-electron chi connectivity index (χ1n) is 5.25. The summed E-state index contributed by atoms with van der Waals surface area (Å²) in [6, 6.07) is 1.79. The maximum Gasteiger partial charge on any atom is 0.140 e. The van der Waals surface area contributed by atoms with Gasteiger partial charge >= 0.3 is 0 Å². The third-order valence-corrected chi connectivity index (χ3v) is 2.98. The van der Waals surface area contributed by atoms with Crippen molar-refractivity contribution in [2.75, 3.05) is 11.5 Å². The fourth-order valence-electron chi connectivity index (χ4n) is 1.20. The van der Waals surface area contributed by atoms with Crippen LogP contribution in [0.3, 0.4) is 0 Å². The van der Waals surface area contributed by atoms with Crippen LogP contribution in [0.1, 0.15) is 31.8 Å². The number of rotatable bonds is 5. The van der Waals surface area contributed by atoms with E-state index in [0.717, 1.165) is 28.9 Å². The van der Waals surface area contributed by atoms with Crippen molar-refractivity contribution < 1.29 is 0 Å². The van der Waals surface area contributed by atoms with Crippen molar-refractivity contribution in [3.8, 4) is 0 Å². The molecule has 2 N–H and O–H groups in total. The van der Waals surface area contributed by atoms with Gasteiger partial charge in [0.2, 0.25) is 0 Å². The van der Waals surface area contributed by atoms with Gasteiger partial charge in [-0.05, 0) is 25.0 Å². The number of nitrogens with two attached hydrogens (primary N) is 1. The lowest BCUT2D eigenvalue weighted by molar-refractivity contribution is 0.632. The highest BCUT2D eigenvalue weighted by Crippen LogP contribution is 2.14. The summed E-state index contributed by atoms with van der Waals surface area (Å²) in [5.74, 6) is 4.21. The molecule has 1 aromatic heterocycles. The Bertz CT molecular complexity index is 292. The van der Waals surface area contributed by atoms with Gasteiger partial charge in [-0.1, -0.05) is 13.8 Å². The van der Waals surface area contributed by atoms with E-state index >= 15 is 0 Å². The molecule has 4 heteroatoms. The molecule has 0 aliphatic carbocycles. The van der Waals surface area contributed by atoms with E-state index in [1.807, 2.05) is 18.7 Å². The predicted molar refractivity (Wildman–Crippen MR) is 66.8 cm³/mol. The molecule has 0 atom stereocenters. The van der Waals surface area contributed by atoms with Crippen LogP contribution < -0.4 is 5.73 Å². The third-order valence-electron chi connectivity index (χ3n) is 1.99. The Labute approximate surface area is 95.9 Å². The van der Waals surface area contributed by atoms with Crippen LogP contribution in [0, 0.1) is 12.8 Å². The van der Waals surface area contributed by atoms with Crippen molar-refractivity contribution in [1.82, 2.24) is 9.97 Å². The van der Waals surface area contributed by atoms with E-state index in [4.69, 9.17) is 5.73 Å². The van der Waals surface area contributed by atoms with E-state index in [1.165, 1.54) is 6.42 Å². The third kappa shape index (κ3) is 5.02. The van der Waals surface area contributed by atoms with Crippen LogP contribution >= 0.6 is 11.8 Å². The second kappa shape index (κ2) is 5.95. The zero-order valence-electron chi connectivity index (χ0n) is 9.66. The fourth-order valence-corrected chi connectivity index (χ4v) is 2.30. The lowest BCUT2D eigenvalue weighted by atomic mass is 10.2. The van der Waals surface area contributed by atoms with Gasteiger partial charge in [0, 0.05) is 11.8 Å².